The Kier molecular flexibility index (Phi) is 5.69. The molecule has 0 unspecified atom stereocenters. The zero-order valence-corrected chi connectivity index (χ0v) is 16.0. The summed E-state index contributed by atoms with van der Waals surface area (Å²) in [6, 6.07) is 11.7. The van der Waals surface area contributed by atoms with Crippen LogP contribution in [0.25, 0.3) is 11.3 Å². The number of rotatable bonds is 4. The number of aromatic nitrogens is 1. The number of nitrogens with zero attached hydrogens (tertiary/aromatic N) is 1. The van der Waals surface area contributed by atoms with Crippen molar-refractivity contribution in [2.45, 2.75) is 25.9 Å². The van der Waals surface area contributed by atoms with Gasteiger partial charge < -0.3 is 5.32 Å². The van der Waals surface area contributed by atoms with E-state index in [0.29, 0.717) is 11.0 Å². The molecule has 2 amide bonds. The number of benzene rings is 2. The van der Waals surface area contributed by atoms with Gasteiger partial charge in [-0.1, -0.05) is 38.1 Å². The normalized spacial score (nSPS) is 11.5. The third kappa shape index (κ3) is 4.89. The van der Waals surface area contributed by atoms with E-state index >= 15 is 0 Å². The molecule has 0 radical (unpaired) electrons. The van der Waals surface area contributed by atoms with E-state index in [4.69, 9.17) is 0 Å². The molecule has 4 nitrogen and oxygen atoms in total. The Morgan fingerprint density at radius 1 is 1.00 bits per heavy atom. The Balaban J connectivity index is 1.62. The van der Waals surface area contributed by atoms with Gasteiger partial charge in [-0.05, 0) is 35.7 Å². The van der Waals surface area contributed by atoms with Crippen LogP contribution in [0.4, 0.5) is 28.8 Å². The summed E-state index contributed by atoms with van der Waals surface area (Å²) in [4.78, 5) is 16.4. The fourth-order valence-electron chi connectivity index (χ4n) is 2.50. The van der Waals surface area contributed by atoms with Crippen molar-refractivity contribution in [2.75, 3.05) is 10.6 Å². The van der Waals surface area contributed by atoms with E-state index in [9.17, 15) is 18.0 Å². The highest BCUT2D eigenvalue weighted by molar-refractivity contribution is 7.14. The lowest BCUT2D eigenvalue weighted by Gasteiger charge is -2.08. The first kappa shape index (κ1) is 19.9. The molecule has 1 aromatic heterocycles. The van der Waals surface area contributed by atoms with Crippen molar-refractivity contribution < 1.29 is 18.0 Å². The van der Waals surface area contributed by atoms with Crippen LogP contribution in [-0.4, -0.2) is 11.0 Å². The highest BCUT2D eigenvalue weighted by Crippen LogP contribution is 2.30. The number of hydrogen-bond acceptors (Lipinski definition) is 3. The lowest BCUT2D eigenvalue weighted by molar-refractivity contribution is -0.137. The maximum Gasteiger partial charge on any atom is 0.416 e. The number of urea groups is 1. The Labute approximate surface area is 164 Å². The van der Waals surface area contributed by atoms with Crippen molar-refractivity contribution in [3.63, 3.8) is 0 Å². The van der Waals surface area contributed by atoms with Gasteiger partial charge in [0.1, 0.15) is 0 Å². The predicted molar refractivity (Wildman–Crippen MR) is 106 cm³/mol. The van der Waals surface area contributed by atoms with E-state index in [0.717, 1.165) is 23.4 Å². The quantitative estimate of drug-likeness (QED) is 0.514. The Hall–Kier alpha value is -2.87. The molecule has 0 atom stereocenters. The average Bonchev–Trinajstić information content (AvgIpc) is 3.09. The summed E-state index contributed by atoms with van der Waals surface area (Å²) in [5.41, 5.74) is 2.40. The van der Waals surface area contributed by atoms with Crippen LogP contribution in [0, 0.1) is 0 Å². The largest absolute Gasteiger partial charge is 0.416 e. The van der Waals surface area contributed by atoms with Crippen LogP contribution in [0.2, 0.25) is 0 Å². The molecule has 0 bridgehead atoms. The minimum Gasteiger partial charge on any atom is -0.308 e. The number of halogens is 3. The zero-order valence-electron chi connectivity index (χ0n) is 15.2. The van der Waals surface area contributed by atoms with Crippen LogP contribution in [0.15, 0.2) is 53.9 Å². The number of carbonyl (C=O) groups excluding carboxylic acids is 1. The monoisotopic (exact) mass is 405 g/mol. The molecular formula is C20H18F3N3OS. The molecule has 0 spiro atoms. The van der Waals surface area contributed by atoms with Gasteiger partial charge in [-0.2, -0.15) is 13.2 Å². The summed E-state index contributed by atoms with van der Waals surface area (Å²) >= 11 is 1.27. The average molecular weight is 405 g/mol. The lowest BCUT2D eigenvalue weighted by Crippen LogP contribution is -2.19. The highest BCUT2D eigenvalue weighted by Gasteiger charge is 2.30. The van der Waals surface area contributed by atoms with Crippen molar-refractivity contribution >= 4 is 28.2 Å². The molecule has 146 valence electrons. The van der Waals surface area contributed by atoms with Crippen LogP contribution in [0.5, 0.6) is 0 Å². The minimum atomic E-state index is -4.41. The molecule has 8 heteroatoms. The zero-order chi connectivity index (χ0) is 20.3. The van der Waals surface area contributed by atoms with Gasteiger partial charge in [0, 0.05) is 16.6 Å². The first-order chi connectivity index (χ1) is 13.2. The predicted octanol–water partition coefficient (Wildman–Crippen LogP) is 6.60. The molecule has 2 aromatic carbocycles. The molecule has 0 aliphatic heterocycles. The molecule has 0 saturated carbocycles. The van der Waals surface area contributed by atoms with E-state index < -0.39 is 17.8 Å². The van der Waals surface area contributed by atoms with Gasteiger partial charge >= 0.3 is 12.2 Å². The highest BCUT2D eigenvalue weighted by atomic mass is 32.1. The molecule has 28 heavy (non-hydrogen) atoms. The van der Waals surface area contributed by atoms with Gasteiger partial charge in [0.05, 0.1) is 11.3 Å². The maximum absolute atomic E-state index is 12.6. The molecule has 3 aromatic rings. The van der Waals surface area contributed by atoms with E-state index in [1.165, 1.54) is 29.0 Å². The van der Waals surface area contributed by atoms with Crippen molar-refractivity contribution in [3.05, 3.63) is 65.0 Å². The maximum atomic E-state index is 12.6. The summed E-state index contributed by atoms with van der Waals surface area (Å²) < 4.78 is 37.7. The summed E-state index contributed by atoms with van der Waals surface area (Å²) in [6.45, 7) is 4.24. The van der Waals surface area contributed by atoms with Gasteiger partial charge in [0.2, 0.25) is 0 Å². The second-order valence-corrected chi connectivity index (χ2v) is 7.33. The number of alkyl halides is 3. The molecule has 2 N–H and O–H groups in total. The number of nitrogens with one attached hydrogen (secondary N) is 2. The van der Waals surface area contributed by atoms with E-state index in [1.807, 2.05) is 29.6 Å². The second kappa shape index (κ2) is 8.02. The second-order valence-electron chi connectivity index (χ2n) is 6.47. The molecule has 0 aliphatic rings. The third-order valence-corrected chi connectivity index (χ3v) is 4.83. The molecule has 1 heterocycles. The fraction of sp³-hybridized carbons (Fsp3) is 0.200. The Morgan fingerprint density at radius 2 is 1.64 bits per heavy atom. The van der Waals surface area contributed by atoms with Gasteiger partial charge in [0.15, 0.2) is 5.13 Å². The van der Waals surface area contributed by atoms with Gasteiger partial charge in [-0.15, -0.1) is 11.3 Å². The number of anilines is 2. The lowest BCUT2D eigenvalue weighted by atomic mass is 10.0. The van der Waals surface area contributed by atoms with Crippen LogP contribution >= 0.6 is 11.3 Å². The SMILES string of the molecule is CC(C)c1ccc(-c2csc(NC(=O)Nc3ccc(C(F)(F)F)cc3)n2)cc1. The molecule has 3 rings (SSSR count). The van der Waals surface area contributed by atoms with Crippen LogP contribution in [0.1, 0.15) is 30.9 Å². The smallest absolute Gasteiger partial charge is 0.308 e. The number of thiazole rings is 1. The molecule has 0 fully saturated rings. The first-order valence-electron chi connectivity index (χ1n) is 8.53. The van der Waals surface area contributed by atoms with E-state index in [2.05, 4.69) is 29.5 Å². The van der Waals surface area contributed by atoms with Crippen molar-refractivity contribution in [1.82, 2.24) is 4.98 Å². The third-order valence-electron chi connectivity index (χ3n) is 4.07. The summed E-state index contributed by atoms with van der Waals surface area (Å²) in [6.07, 6.45) is -4.41. The van der Waals surface area contributed by atoms with Crippen molar-refractivity contribution in [3.8, 4) is 11.3 Å². The van der Waals surface area contributed by atoms with E-state index in [-0.39, 0.29) is 5.69 Å². The summed E-state index contributed by atoms with van der Waals surface area (Å²) in [5, 5.41) is 7.30. The topological polar surface area (TPSA) is 54.0 Å². The molecular weight excluding hydrogens is 387 g/mol. The van der Waals surface area contributed by atoms with Crippen molar-refractivity contribution in [2.24, 2.45) is 0 Å². The first-order valence-corrected chi connectivity index (χ1v) is 9.41. The standard InChI is InChI=1S/C20H18F3N3OS/c1-12(2)13-3-5-14(6-4-13)17-11-28-19(25-17)26-18(27)24-16-9-7-15(8-10-16)20(21,22)23/h3-12H,1-2H3,(H2,24,25,26,27). The van der Waals surface area contributed by atoms with Crippen LogP contribution in [0.3, 0.4) is 0 Å². The Morgan fingerprint density at radius 3 is 2.21 bits per heavy atom. The van der Waals surface area contributed by atoms with E-state index in [1.54, 1.807) is 0 Å². The van der Waals surface area contributed by atoms with Gasteiger partial charge in [0.25, 0.3) is 0 Å². The fourth-order valence-corrected chi connectivity index (χ4v) is 3.22. The molecule has 0 aliphatic carbocycles. The molecule has 0 saturated heterocycles. The van der Waals surface area contributed by atoms with Gasteiger partial charge in [-0.3, -0.25) is 5.32 Å². The summed E-state index contributed by atoms with van der Waals surface area (Å²) in [5.74, 6) is 0.440. The number of amides is 2. The Bertz CT molecular complexity index is 948. The minimum absolute atomic E-state index is 0.256. The van der Waals surface area contributed by atoms with Gasteiger partial charge in [-0.25, -0.2) is 9.78 Å². The summed E-state index contributed by atoms with van der Waals surface area (Å²) in [7, 11) is 0. The van der Waals surface area contributed by atoms with Crippen LogP contribution < -0.4 is 10.6 Å². The number of carbonyl (C=O) groups is 1. The number of hydrogen-bond donors (Lipinski definition) is 2. The van der Waals surface area contributed by atoms with Crippen LogP contribution in [-0.2, 0) is 6.18 Å². The van der Waals surface area contributed by atoms with Crippen molar-refractivity contribution in [1.29, 1.82) is 0 Å².